The van der Waals surface area contributed by atoms with E-state index in [0.717, 1.165) is 16.7 Å². The molecule has 0 heterocycles. The largest absolute Gasteiger partial charge is 0.375 e. The number of benzene rings is 1. The second-order valence-corrected chi connectivity index (χ2v) is 5.23. The van der Waals surface area contributed by atoms with Crippen molar-refractivity contribution >= 4 is 21.6 Å². The van der Waals surface area contributed by atoms with Gasteiger partial charge >= 0.3 is 0 Å². The molecule has 0 radical (unpaired) electrons. The molecule has 0 saturated heterocycles. The molecule has 1 aromatic rings. The third-order valence-electron chi connectivity index (χ3n) is 2.56. The highest BCUT2D eigenvalue weighted by molar-refractivity contribution is 9.10. The van der Waals surface area contributed by atoms with E-state index < -0.39 is 0 Å². The molecule has 0 N–H and O–H groups in total. The van der Waals surface area contributed by atoms with Crippen molar-refractivity contribution in [1.82, 2.24) is 0 Å². The molecule has 0 saturated carbocycles. The van der Waals surface area contributed by atoms with Crippen molar-refractivity contribution in [2.75, 3.05) is 18.5 Å². The molecule has 0 aliphatic heterocycles. The van der Waals surface area contributed by atoms with E-state index in [1.165, 1.54) is 6.42 Å². The maximum absolute atomic E-state index is 8.83. The summed E-state index contributed by atoms with van der Waals surface area (Å²) in [4.78, 5) is 2.21. The van der Waals surface area contributed by atoms with Gasteiger partial charge in [0.05, 0.1) is 5.56 Å². The van der Waals surface area contributed by atoms with Crippen molar-refractivity contribution in [2.45, 2.75) is 20.3 Å². The Morgan fingerprint density at radius 3 is 2.62 bits per heavy atom. The Hall–Kier alpha value is -1.01. The van der Waals surface area contributed by atoms with Gasteiger partial charge in [-0.3, -0.25) is 0 Å². The number of nitrogens with zero attached hydrogens (tertiary/aromatic N) is 2. The molecular formula is C13H17BrN2. The second-order valence-electron chi connectivity index (χ2n) is 4.38. The SMILES string of the molecule is CC(C)CCN(C)c1ccc(C#N)c(Br)c1. The summed E-state index contributed by atoms with van der Waals surface area (Å²) in [6.07, 6.45) is 1.17. The normalized spacial score (nSPS) is 10.2. The van der Waals surface area contributed by atoms with Gasteiger partial charge in [0, 0.05) is 23.8 Å². The Morgan fingerprint density at radius 2 is 2.12 bits per heavy atom. The fourth-order valence-corrected chi connectivity index (χ4v) is 1.87. The Bertz CT molecular complexity index is 393. The van der Waals surface area contributed by atoms with Gasteiger partial charge in [0.1, 0.15) is 6.07 Å². The number of halogens is 1. The van der Waals surface area contributed by atoms with Gasteiger partial charge in [-0.2, -0.15) is 5.26 Å². The summed E-state index contributed by atoms with van der Waals surface area (Å²) >= 11 is 3.41. The predicted molar refractivity (Wildman–Crippen MR) is 71.6 cm³/mol. The van der Waals surface area contributed by atoms with Crippen LogP contribution >= 0.6 is 15.9 Å². The van der Waals surface area contributed by atoms with Gasteiger partial charge in [0.15, 0.2) is 0 Å². The van der Waals surface area contributed by atoms with E-state index in [9.17, 15) is 0 Å². The summed E-state index contributed by atoms with van der Waals surface area (Å²) in [6.45, 7) is 5.49. The lowest BCUT2D eigenvalue weighted by Crippen LogP contribution is -2.19. The third-order valence-corrected chi connectivity index (χ3v) is 3.21. The first kappa shape index (κ1) is 13.1. The van der Waals surface area contributed by atoms with E-state index >= 15 is 0 Å². The maximum Gasteiger partial charge on any atom is 0.100 e. The quantitative estimate of drug-likeness (QED) is 0.839. The van der Waals surface area contributed by atoms with Crippen LogP contribution in [0.25, 0.3) is 0 Å². The van der Waals surface area contributed by atoms with Gasteiger partial charge in [-0.15, -0.1) is 0 Å². The maximum atomic E-state index is 8.83. The average Bonchev–Trinajstić information content (AvgIpc) is 2.25. The molecule has 1 rings (SSSR count). The highest BCUT2D eigenvalue weighted by Gasteiger charge is 2.05. The summed E-state index contributed by atoms with van der Waals surface area (Å²) in [5.41, 5.74) is 1.83. The lowest BCUT2D eigenvalue weighted by atomic mass is 10.1. The van der Waals surface area contributed by atoms with Crippen molar-refractivity contribution in [3.05, 3.63) is 28.2 Å². The standard InChI is InChI=1S/C13H17BrN2/c1-10(2)6-7-16(3)12-5-4-11(9-15)13(14)8-12/h4-5,8,10H,6-7H2,1-3H3. The topological polar surface area (TPSA) is 27.0 Å². The van der Waals surface area contributed by atoms with E-state index in [1.54, 1.807) is 0 Å². The van der Waals surface area contributed by atoms with Crippen LogP contribution in [-0.4, -0.2) is 13.6 Å². The molecule has 1 aromatic carbocycles. The van der Waals surface area contributed by atoms with Crippen LogP contribution < -0.4 is 4.90 Å². The van der Waals surface area contributed by atoms with Crippen molar-refractivity contribution in [3.8, 4) is 6.07 Å². The predicted octanol–water partition coefficient (Wildman–Crippen LogP) is 3.80. The summed E-state index contributed by atoms with van der Waals surface area (Å²) in [6, 6.07) is 7.99. The van der Waals surface area contributed by atoms with Crippen LogP contribution in [0.15, 0.2) is 22.7 Å². The van der Waals surface area contributed by atoms with Gasteiger partial charge in [-0.25, -0.2) is 0 Å². The van der Waals surface area contributed by atoms with Crippen LogP contribution in [0.2, 0.25) is 0 Å². The molecule has 0 amide bonds. The van der Waals surface area contributed by atoms with Gasteiger partial charge < -0.3 is 4.90 Å². The molecule has 0 aliphatic carbocycles. The molecule has 0 aromatic heterocycles. The molecule has 3 heteroatoms. The first-order valence-electron chi connectivity index (χ1n) is 5.45. The van der Waals surface area contributed by atoms with Crippen molar-refractivity contribution in [2.24, 2.45) is 5.92 Å². The van der Waals surface area contributed by atoms with E-state index in [0.29, 0.717) is 11.5 Å². The van der Waals surface area contributed by atoms with Crippen LogP contribution in [0.1, 0.15) is 25.8 Å². The lowest BCUT2D eigenvalue weighted by molar-refractivity contribution is 0.585. The third kappa shape index (κ3) is 3.53. The Labute approximate surface area is 106 Å². The van der Waals surface area contributed by atoms with Crippen LogP contribution in [0.5, 0.6) is 0 Å². The van der Waals surface area contributed by atoms with Crippen LogP contribution in [0.3, 0.4) is 0 Å². The minimum Gasteiger partial charge on any atom is -0.375 e. The van der Waals surface area contributed by atoms with Crippen molar-refractivity contribution in [1.29, 1.82) is 5.26 Å². The number of rotatable bonds is 4. The van der Waals surface area contributed by atoms with E-state index in [1.807, 2.05) is 18.2 Å². The zero-order valence-corrected chi connectivity index (χ0v) is 11.6. The summed E-state index contributed by atoms with van der Waals surface area (Å²) in [5.74, 6) is 0.712. The van der Waals surface area contributed by atoms with Crippen LogP contribution in [-0.2, 0) is 0 Å². The molecule has 0 fully saturated rings. The number of hydrogen-bond donors (Lipinski definition) is 0. The summed E-state index contributed by atoms with van der Waals surface area (Å²) in [5, 5.41) is 8.83. The molecule has 0 atom stereocenters. The van der Waals surface area contributed by atoms with E-state index in [2.05, 4.69) is 47.8 Å². The molecule has 16 heavy (non-hydrogen) atoms. The minimum atomic E-state index is 0.681. The summed E-state index contributed by atoms with van der Waals surface area (Å²) < 4.78 is 0.865. The molecule has 0 aliphatic rings. The fourth-order valence-electron chi connectivity index (χ4n) is 1.41. The first-order chi connectivity index (χ1) is 7.54. The molecule has 0 bridgehead atoms. The zero-order valence-electron chi connectivity index (χ0n) is 10.00. The number of anilines is 1. The molecule has 0 unspecified atom stereocenters. The fraction of sp³-hybridized carbons (Fsp3) is 0.462. The number of nitriles is 1. The molecule has 2 nitrogen and oxygen atoms in total. The highest BCUT2D eigenvalue weighted by Crippen LogP contribution is 2.23. The molecule has 0 spiro atoms. The smallest absolute Gasteiger partial charge is 0.100 e. The van der Waals surface area contributed by atoms with E-state index in [-0.39, 0.29) is 0 Å². The Morgan fingerprint density at radius 1 is 1.44 bits per heavy atom. The van der Waals surface area contributed by atoms with Crippen LogP contribution in [0, 0.1) is 17.2 Å². The minimum absolute atomic E-state index is 0.681. The first-order valence-corrected chi connectivity index (χ1v) is 6.24. The van der Waals surface area contributed by atoms with Gasteiger partial charge in [0.2, 0.25) is 0 Å². The highest BCUT2D eigenvalue weighted by atomic mass is 79.9. The summed E-state index contributed by atoms with van der Waals surface area (Å²) in [7, 11) is 2.08. The van der Waals surface area contributed by atoms with Gasteiger partial charge in [-0.1, -0.05) is 13.8 Å². The van der Waals surface area contributed by atoms with Crippen LogP contribution in [0.4, 0.5) is 5.69 Å². The van der Waals surface area contributed by atoms with Crippen molar-refractivity contribution < 1.29 is 0 Å². The monoisotopic (exact) mass is 280 g/mol. The molecular weight excluding hydrogens is 264 g/mol. The number of hydrogen-bond acceptors (Lipinski definition) is 2. The van der Waals surface area contributed by atoms with Crippen molar-refractivity contribution in [3.63, 3.8) is 0 Å². The second kappa shape index (κ2) is 5.91. The lowest BCUT2D eigenvalue weighted by Gasteiger charge is -2.20. The van der Waals surface area contributed by atoms with E-state index in [4.69, 9.17) is 5.26 Å². The average molecular weight is 281 g/mol. The Balaban J connectivity index is 2.74. The van der Waals surface area contributed by atoms with Gasteiger partial charge in [0.25, 0.3) is 0 Å². The molecule has 86 valence electrons. The zero-order chi connectivity index (χ0) is 12.1. The Kier molecular flexibility index (Phi) is 4.82. The van der Waals surface area contributed by atoms with Gasteiger partial charge in [-0.05, 0) is 46.5 Å².